The standard InChI is InChI=1S/C16H27N3O3S/c20-23(21,18-10-14-6-4-2-1-3-5-7-14)16-11-17-19(12-16)15-8-9-22-13-15/h11-12,14-15,18H,1-10,13H2/t15-/m1/s1. The van der Waals surface area contributed by atoms with Gasteiger partial charge < -0.3 is 4.74 Å². The summed E-state index contributed by atoms with van der Waals surface area (Å²) in [6.07, 6.45) is 12.5. The second-order valence-corrected chi connectivity index (χ2v) is 8.50. The lowest BCUT2D eigenvalue weighted by molar-refractivity contribution is 0.184. The van der Waals surface area contributed by atoms with Crippen molar-refractivity contribution in [2.24, 2.45) is 5.92 Å². The summed E-state index contributed by atoms with van der Waals surface area (Å²) in [5.41, 5.74) is 0. The molecule has 3 rings (SSSR count). The van der Waals surface area contributed by atoms with Gasteiger partial charge in [0.25, 0.3) is 0 Å². The van der Waals surface area contributed by atoms with Gasteiger partial charge in [0.1, 0.15) is 4.90 Å². The molecule has 0 radical (unpaired) electrons. The minimum absolute atomic E-state index is 0.157. The van der Waals surface area contributed by atoms with E-state index in [1.807, 2.05) is 0 Å². The Morgan fingerprint density at radius 3 is 2.61 bits per heavy atom. The van der Waals surface area contributed by atoms with E-state index in [1.54, 1.807) is 10.9 Å². The summed E-state index contributed by atoms with van der Waals surface area (Å²) in [5, 5.41) is 4.20. The Hall–Kier alpha value is -0.920. The average Bonchev–Trinajstić information content (AvgIpc) is 3.17. The lowest BCUT2D eigenvalue weighted by atomic mass is 9.91. The van der Waals surface area contributed by atoms with Gasteiger partial charge in [0.05, 0.1) is 18.8 Å². The van der Waals surface area contributed by atoms with Crippen LogP contribution in [-0.2, 0) is 14.8 Å². The second kappa shape index (κ2) is 7.77. The van der Waals surface area contributed by atoms with E-state index in [0.29, 0.717) is 25.7 Å². The summed E-state index contributed by atoms with van der Waals surface area (Å²) < 4.78 is 34.8. The Balaban J connectivity index is 1.57. The minimum Gasteiger partial charge on any atom is -0.379 e. The zero-order chi connectivity index (χ0) is 16.1. The molecule has 2 heterocycles. The second-order valence-electron chi connectivity index (χ2n) is 6.74. The average molecular weight is 341 g/mol. The van der Waals surface area contributed by atoms with Crippen LogP contribution in [0.4, 0.5) is 0 Å². The van der Waals surface area contributed by atoms with Gasteiger partial charge in [-0.2, -0.15) is 5.10 Å². The zero-order valence-corrected chi connectivity index (χ0v) is 14.4. The van der Waals surface area contributed by atoms with Crippen LogP contribution in [0.2, 0.25) is 0 Å². The first-order valence-corrected chi connectivity index (χ1v) is 10.2. The molecule has 1 aromatic heterocycles. The van der Waals surface area contributed by atoms with E-state index in [4.69, 9.17) is 4.74 Å². The van der Waals surface area contributed by atoms with Gasteiger partial charge in [-0.15, -0.1) is 0 Å². The SMILES string of the molecule is O=S(=O)(NCC1CCCCCCC1)c1cnn([C@@H]2CCOC2)c1. The molecule has 2 fully saturated rings. The van der Waals surface area contributed by atoms with Crippen LogP contribution in [-0.4, -0.2) is 38.0 Å². The zero-order valence-electron chi connectivity index (χ0n) is 13.6. The highest BCUT2D eigenvalue weighted by Crippen LogP contribution is 2.23. The first kappa shape index (κ1) is 16.9. The normalized spacial score (nSPS) is 24.4. The van der Waals surface area contributed by atoms with Crippen molar-refractivity contribution in [3.05, 3.63) is 12.4 Å². The number of ether oxygens (including phenoxy) is 1. The Kier molecular flexibility index (Phi) is 5.71. The molecule has 1 saturated carbocycles. The molecule has 0 unspecified atom stereocenters. The lowest BCUT2D eigenvalue weighted by Crippen LogP contribution is -2.29. The van der Waals surface area contributed by atoms with E-state index in [9.17, 15) is 8.42 Å². The maximum Gasteiger partial charge on any atom is 0.243 e. The van der Waals surface area contributed by atoms with Gasteiger partial charge in [0.2, 0.25) is 10.0 Å². The third-order valence-electron chi connectivity index (χ3n) is 4.95. The first-order chi connectivity index (χ1) is 11.1. The topological polar surface area (TPSA) is 73.2 Å². The third kappa shape index (κ3) is 4.55. The summed E-state index contributed by atoms with van der Waals surface area (Å²) in [6.45, 7) is 1.86. The molecule has 0 amide bonds. The molecule has 0 bridgehead atoms. The number of sulfonamides is 1. The molecule has 1 saturated heterocycles. The Labute approximate surface area is 138 Å². The summed E-state index contributed by atoms with van der Waals surface area (Å²) in [4.78, 5) is 0.259. The van der Waals surface area contributed by atoms with Crippen LogP contribution in [0.5, 0.6) is 0 Å². The van der Waals surface area contributed by atoms with Gasteiger partial charge in [-0.25, -0.2) is 13.1 Å². The molecule has 130 valence electrons. The Morgan fingerprint density at radius 1 is 1.17 bits per heavy atom. The quantitative estimate of drug-likeness (QED) is 0.893. The monoisotopic (exact) mass is 341 g/mol. The van der Waals surface area contributed by atoms with Crippen LogP contribution in [0.1, 0.15) is 57.4 Å². The highest BCUT2D eigenvalue weighted by atomic mass is 32.2. The molecule has 23 heavy (non-hydrogen) atoms. The Bertz CT molecular complexity index is 585. The molecule has 6 nitrogen and oxygen atoms in total. The number of rotatable bonds is 5. The van der Waals surface area contributed by atoms with Crippen LogP contribution in [0.3, 0.4) is 0 Å². The van der Waals surface area contributed by atoms with Crippen LogP contribution < -0.4 is 4.72 Å². The fraction of sp³-hybridized carbons (Fsp3) is 0.812. The lowest BCUT2D eigenvalue weighted by Gasteiger charge is -2.19. The smallest absolute Gasteiger partial charge is 0.243 e. The molecular formula is C16H27N3O3S. The molecule has 1 atom stereocenters. The predicted octanol–water partition coefficient (Wildman–Crippen LogP) is 2.48. The maximum absolute atomic E-state index is 12.5. The number of aromatic nitrogens is 2. The van der Waals surface area contributed by atoms with Gasteiger partial charge in [-0.05, 0) is 25.2 Å². The van der Waals surface area contributed by atoms with Crippen molar-refractivity contribution in [3.8, 4) is 0 Å². The van der Waals surface area contributed by atoms with Gasteiger partial charge >= 0.3 is 0 Å². The van der Waals surface area contributed by atoms with Gasteiger partial charge in [-0.1, -0.05) is 32.1 Å². The van der Waals surface area contributed by atoms with E-state index in [1.165, 1.54) is 38.3 Å². The van der Waals surface area contributed by atoms with Crippen molar-refractivity contribution < 1.29 is 13.2 Å². The van der Waals surface area contributed by atoms with Crippen LogP contribution in [0.25, 0.3) is 0 Å². The summed E-state index contributed by atoms with van der Waals surface area (Å²) in [7, 11) is -3.46. The molecule has 1 aliphatic heterocycles. The Morgan fingerprint density at radius 2 is 1.91 bits per heavy atom. The highest BCUT2D eigenvalue weighted by molar-refractivity contribution is 7.89. The van der Waals surface area contributed by atoms with E-state index >= 15 is 0 Å². The molecule has 1 aliphatic carbocycles. The molecule has 1 N–H and O–H groups in total. The number of nitrogens with one attached hydrogen (secondary N) is 1. The van der Waals surface area contributed by atoms with Crippen LogP contribution >= 0.6 is 0 Å². The predicted molar refractivity (Wildman–Crippen MR) is 87.7 cm³/mol. The summed E-state index contributed by atoms with van der Waals surface area (Å²) in [5.74, 6) is 0.461. The van der Waals surface area contributed by atoms with Gasteiger partial charge in [-0.3, -0.25) is 4.68 Å². The van der Waals surface area contributed by atoms with Crippen molar-refractivity contribution in [1.82, 2.24) is 14.5 Å². The maximum atomic E-state index is 12.5. The van der Waals surface area contributed by atoms with Crippen LogP contribution in [0.15, 0.2) is 17.3 Å². The summed E-state index contributed by atoms with van der Waals surface area (Å²) >= 11 is 0. The largest absolute Gasteiger partial charge is 0.379 e. The molecule has 1 aromatic rings. The van der Waals surface area contributed by atoms with Crippen molar-refractivity contribution in [2.45, 2.75) is 62.3 Å². The first-order valence-electron chi connectivity index (χ1n) is 8.77. The number of nitrogens with zero attached hydrogens (tertiary/aromatic N) is 2. The number of hydrogen-bond donors (Lipinski definition) is 1. The minimum atomic E-state index is -3.46. The molecule has 2 aliphatic rings. The van der Waals surface area contributed by atoms with E-state index in [0.717, 1.165) is 19.3 Å². The van der Waals surface area contributed by atoms with Gasteiger partial charge in [0, 0.05) is 19.3 Å². The number of hydrogen-bond acceptors (Lipinski definition) is 4. The van der Waals surface area contributed by atoms with Crippen molar-refractivity contribution in [2.75, 3.05) is 19.8 Å². The molecule has 7 heteroatoms. The van der Waals surface area contributed by atoms with E-state index in [2.05, 4.69) is 9.82 Å². The molecule has 0 aromatic carbocycles. The molecule has 0 spiro atoms. The molecular weight excluding hydrogens is 314 g/mol. The van der Waals surface area contributed by atoms with Crippen LogP contribution in [0, 0.1) is 5.92 Å². The summed E-state index contributed by atoms with van der Waals surface area (Å²) in [6, 6.07) is 0.157. The van der Waals surface area contributed by atoms with Crippen molar-refractivity contribution in [3.63, 3.8) is 0 Å². The van der Waals surface area contributed by atoms with Crippen molar-refractivity contribution >= 4 is 10.0 Å². The fourth-order valence-electron chi connectivity index (χ4n) is 3.45. The fourth-order valence-corrected chi connectivity index (χ4v) is 4.50. The third-order valence-corrected chi connectivity index (χ3v) is 6.33. The highest BCUT2D eigenvalue weighted by Gasteiger charge is 2.23. The van der Waals surface area contributed by atoms with Crippen molar-refractivity contribution in [1.29, 1.82) is 0 Å². The van der Waals surface area contributed by atoms with Gasteiger partial charge in [0.15, 0.2) is 0 Å². The van der Waals surface area contributed by atoms with E-state index < -0.39 is 10.0 Å². The van der Waals surface area contributed by atoms with E-state index in [-0.39, 0.29) is 10.9 Å².